The van der Waals surface area contributed by atoms with Gasteiger partial charge < -0.3 is 19.7 Å². The van der Waals surface area contributed by atoms with E-state index in [0.717, 1.165) is 62.4 Å². The summed E-state index contributed by atoms with van der Waals surface area (Å²) in [5.74, 6) is 1.61. The van der Waals surface area contributed by atoms with Crippen molar-refractivity contribution in [1.29, 1.82) is 0 Å². The van der Waals surface area contributed by atoms with Crippen molar-refractivity contribution < 1.29 is 14.3 Å². The molecule has 1 aromatic carbocycles. The Morgan fingerprint density at radius 3 is 2.63 bits per heavy atom. The molecule has 0 aliphatic carbocycles. The molecule has 6 heteroatoms. The van der Waals surface area contributed by atoms with Crippen LogP contribution in [0, 0.1) is 0 Å². The number of carbonyl (C=O) groups excluding carboxylic acids is 1. The summed E-state index contributed by atoms with van der Waals surface area (Å²) < 4.78 is 11.1. The van der Waals surface area contributed by atoms with Gasteiger partial charge in [-0.2, -0.15) is 0 Å². The first kappa shape index (κ1) is 18.2. The molecule has 0 unspecified atom stereocenters. The number of likely N-dealkylation sites (N-methyl/N-ethyl adjacent to an activating group) is 1. The molecule has 3 aliphatic heterocycles. The number of fused-ring (bicyclic) bond motifs is 3. The number of allylic oxidation sites excluding steroid dienone is 1. The first-order chi connectivity index (χ1) is 13.1. The summed E-state index contributed by atoms with van der Waals surface area (Å²) in [6, 6.07) is 4.11. The second-order valence-corrected chi connectivity index (χ2v) is 7.49. The monoisotopic (exact) mass is 371 g/mol. The van der Waals surface area contributed by atoms with E-state index < -0.39 is 0 Å². The van der Waals surface area contributed by atoms with Gasteiger partial charge in [0, 0.05) is 18.3 Å². The maximum atomic E-state index is 13.4. The molecular formula is C21H29N3O3. The number of amides is 2. The Balaban J connectivity index is 1.78. The number of benzene rings is 1. The van der Waals surface area contributed by atoms with Gasteiger partial charge in [-0.15, -0.1) is 0 Å². The van der Waals surface area contributed by atoms with Crippen LogP contribution in [0.15, 0.2) is 23.9 Å². The van der Waals surface area contributed by atoms with Crippen LogP contribution >= 0.6 is 0 Å². The summed E-state index contributed by atoms with van der Waals surface area (Å²) in [6.45, 7) is 5.29. The highest BCUT2D eigenvalue weighted by Gasteiger charge is 2.53. The van der Waals surface area contributed by atoms with Gasteiger partial charge in [0.2, 0.25) is 0 Å². The van der Waals surface area contributed by atoms with E-state index in [4.69, 9.17) is 9.47 Å². The van der Waals surface area contributed by atoms with E-state index in [9.17, 15) is 4.79 Å². The lowest BCUT2D eigenvalue weighted by molar-refractivity contribution is 0.141. The molecule has 2 fully saturated rings. The summed E-state index contributed by atoms with van der Waals surface area (Å²) in [6.07, 6.45) is 6.06. The van der Waals surface area contributed by atoms with E-state index in [1.807, 2.05) is 11.0 Å². The number of methoxy groups -OCH3 is 2. The topological polar surface area (TPSA) is 54.0 Å². The number of nitrogens with zero attached hydrogens (tertiary/aromatic N) is 2. The van der Waals surface area contributed by atoms with Crippen molar-refractivity contribution in [3.05, 3.63) is 35.0 Å². The second kappa shape index (κ2) is 7.08. The van der Waals surface area contributed by atoms with Crippen LogP contribution in [0.1, 0.15) is 37.3 Å². The van der Waals surface area contributed by atoms with Crippen molar-refractivity contribution in [3.63, 3.8) is 0 Å². The van der Waals surface area contributed by atoms with Crippen molar-refractivity contribution in [3.8, 4) is 11.5 Å². The van der Waals surface area contributed by atoms with E-state index in [-0.39, 0.29) is 11.6 Å². The molecule has 4 rings (SSSR count). The average Bonchev–Trinajstić information content (AvgIpc) is 2.87. The van der Waals surface area contributed by atoms with Crippen LogP contribution in [0.5, 0.6) is 11.5 Å². The van der Waals surface area contributed by atoms with Crippen LogP contribution in [0.2, 0.25) is 0 Å². The summed E-state index contributed by atoms with van der Waals surface area (Å²) in [5, 5.41) is 3.45. The molecule has 1 aromatic rings. The molecule has 3 aliphatic rings. The van der Waals surface area contributed by atoms with Crippen molar-refractivity contribution in [2.75, 3.05) is 33.9 Å². The third-order valence-corrected chi connectivity index (χ3v) is 6.28. The summed E-state index contributed by atoms with van der Waals surface area (Å²) in [5.41, 5.74) is 3.34. The predicted molar refractivity (Wildman–Crippen MR) is 104 cm³/mol. The zero-order valence-corrected chi connectivity index (χ0v) is 16.5. The van der Waals surface area contributed by atoms with Crippen LogP contribution < -0.4 is 14.8 Å². The number of urea groups is 1. The minimum atomic E-state index is -0.155. The summed E-state index contributed by atoms with van der Waals surface area (Å²) in [7, 11) is 3.36. The highest BCUT2D eigenvalue weighted by molar-refractivity contribution is 5.82. The highest BCUT2D eigenvalue weighted by atomic mass is 16.5. The smallest absolute Gasteiger partial charge is 0.325 e. The molecule has 0 aromatic heterocycles. The largest absolute Gasteiger partial charge is 0.497 e. The Labute approximate surface area is 161 Å². The molecule has 146 valence electrons. The third-order valence-electron chi connectivity index (χ3n) is 6.28. The first-order valence-electron chi connectivity index (χ1n) is 9.89. The fraction of sp³-hybridized carbons (Fsp3) is 0.571. The van der Waals surface area contributed by atoms with Gasteiger partial charge in [0.1, 0.15) is 11.5 Å². The van der Waals surface area contributed by atoms with Gasteiger partial charge in [-0.3, -0.25) is 4.90 Å². The standard InChI is InChI=1S/C21H29N3O3/c1-4-24-20(25)23-14-15-12-16(26-2)13-18(27-3)17(15)6-5-7-19(23)21(24)8-10-22-11-9-21/h7,12-13,22H,4-6,8-11,14H2,1-3H3/b19-7-. The SMILES string of the molecule is CCN1C(=O)N2Cc3cc(OC)cc(OC)c3CC/C=C\2C12CCNCC2. The van der Waals surface area contributed by atoms with Gasteiger partial charge in [0.25, 0.3) is 0 Å². The molecule has 0 saturated carbocycles. The Morgan fingerprint density at radius 2 is 1.96 bits per heavy atom. The molecule has 27 heavy (non-hydrogen) atoms. The Morgan fingerprint density at radius 1 is 1.19 bits per heavy atom. The molecule has 0 radical (unpaired) electrons. The first-order valence-corrected chi connectivity index (χ1v) is 9.89. The van der Waals surface area contributed by atoms with Crippen LogP contribution in [0.4, 0.5) is 4.79 Å². The Bertz CT molecular complexity index is 768. The zero-order chi connectivity index (χ0) is 19.0. The maximum Gasteiger partial charge on any atom is 0.325 e. The van der Waals surface area contributed by atoms with Crippen LogP contribution in [-0.2, 0) is 13.0 Å². The van der Waals surface area contributed by atoms with E-state index in [0.29, 0.717) is 6.54 Å². The number of hydrogen-bond acceptors (Lipinski definition) is 4. The summed E-state index contributed by atoms with van der Waals surface area (Å²) >= 11 is 0. The van der Waals surface area contributed by atoms with Crippen molar-refractivity contribution in [2.45, 2.75) is 44.7 Å². The molecule has 0 bridgehead atoms. The lowest BCUT2D eigenvalue weighted by atomic mass is 9.83. The van der Waals surface area contributed by atoms with E-state index >= 15 is 0 Å². The molecule has 1 N–H and O–H groups in total. The Hall–Kier alpha value is -2.21. The average molecular weight is 371 g/mol. The number of piperidine rings is 1. The molecule has 3 heterocycles. The Kier molecular flexibility index (Phi) is 4.76. The van der Waals surface area contributed by atoms with Gasteiger partial charge in [0.15, 0.2) is 0 Å². The van der Waals surface area contributed by atoms with Crippen LogP contribution in [0.3, 0.4) is 0 Å². The number of rotatable bonds is 3. The van der Waals surface area contributed by atoms with Crippen molar-refractivity contribution in [2.24, 2.45) is 0 Å². The predicted octanol–water partition coefficient (Wildman–Crippen LogP) is 2.91. The normalized spacial score (nSPS) is 23.2. The number of nitrogens with one attached hydrogen (secondary N) is 1. The fourth-order valence-electron chi connectivity index (χ4n) is 5.00. The van der Waals surface area contributed by atoms with Gasteiger partial charge in [-0.1, -0.05) is 6.08 Å². The molecule has 1 spiro atoms. The lowest BCUT2D eigenvalue weighted by Gasteiger charge is -2.41. The number of carbonyl (C=O) groups is 1. The molecule has 6 nitrogen and oxygen atoms in total. The van der Waals surface area contributed by atoms with E-state index in [1.54, 1.807) is 14.2 Å². The van der Waals surface area contributed by atoms with Gasteiger partial charge >= 0.3 is 6.03 Å². The number of hydrogen-bond donors (Lipinski definition) is 1. The number of ether oxygens (including phenoxy) is 2. The quantitative estimate of drug-likeness (QED) is 0.888. The van der Waals surface area contributed by atoms with Gasteiger partial charge in [0.05, 0.1) is 26.3 Å². The van der Waals surface area contributed by atoms with E-state index in [2.05, 4.69) is 29.3 Å². The van der Waals surface area contributed by atoms with E-state index in [1.165, 1.54) is 11.3 Å². The second-order valence-electron chi connectivity index (χ2n) is 7.49. The molecule has 2 amide bonds. The minimum absolute atomic E-state index is 0.125. The third kappa shape index (κ3) is 2.78. The maximum absolute atomic E-state index is 13.4. The van der Waals surface area contributed by atoms with Crippen LogP contribution in [-0.4, -0.2) is 55.2 Å². The molecule has 2 saturated heterocycles. The zero-order valence-electron chi connectivity index (χ0n) is 16.5. The van der Waals surface area contributed by atoms with Gasteiger partial charge in [-0.25, -0.2) is 4.79 Å². The van der Waals surface area contributed by atoms with Crippen LogP contribution in [0.25, 0.3) is 0 Å². The fourth-order valence-corrected chi connectivity index (χ4v) is 5.00. The van der Waals surface area contributed by atoms with Crippen molar-refractivity contribution >= 4 is 6.03 Å². The van der Waals surface area contributed by atoms with Crippen molar-refractivity contribution in [1.82, 2.24) is 15.1 Å². The molecular weight excluding hydrogens is 342 g/mol. The highest BCUT2D eigenvalue weighted by Crippen LogP contribution is 2.45. The minimum Gasteiger partial charge on any atom is -0.497 e. The lowest BCUT2D eigenvalue weighted by Crippen LogP contribution is -2.52. The summed E-state index contributed by atoms with van der Waals surface area (Å²) in [4.78, 5) is 17.4. The van der Waals surface area contributed by atoms with Gasteiger partial charge in [-0.05, 0) is 62.9 Å². The molecule has 0 atom stereocenters.